The van der Waals surface area contributed by atoms with E-state index in [0.29, 0.717) is 13.2 Å². The van der Waals surface area contributed by atoms with Crippen molar-refractivity contribution in [2.24, 2.45) is 4.99 Å². The molecule has 0 saturated carbocycles. The van der Waals surface area contributed by atoms with E-state index >= 15 is 0 Å². The predicted molar refractivity (Wildman–Crippen MR) is 132 cm³/mol. The zero-order chi connectivity index (χ0) is 20.2. The molecule has 0 unspecified atom stereocenters. The number of aliphatic imine (C=N–C) groups is 1. The van der Waals surface area contributed by atoms with Crippen molar-refractivity contribution in [1.82, 2.24) is 20.1 Å². The summed E-state index contributed by atoms with van der Waals surface area (Å²) in [6.45, 7) is 10.4. The van der Waals surface area contributed by atoms with Crippen LogP contribution in [0.3, 0.4) is 0 Å². The van der Waals surface area contributed by atoms with E-state index in [1.807, 2.05) is 30.3 Å². The second kappa shape index (κ2) is 14.3. The van der Waals surface area contributed by atoms with Gasteiger partial charge in [0.25, 0.3) is 0 Å². The highest BCUT2D eigenvalue weighted by Crippen LogP contribution is 2.19. The van der Waals surface area contributed by atoms with Crippen molar-refractivity contribution in [3.05, 3.63) is 54.4 Å². The van der Waals surface area contributed by atoms with Crippen molar-refractivity contribution in [2.45, 2.75) is 20.0 Å². The fourth-order valence-electron chi connectivity index (χ4n) is 3.21. The molecule has 2 N–H and O–H groups in total. The Morgan fingerprint density at radius 3 is 2.60 bits per heavy atom. The van der Waals surface area contributed by atoms with E-state index in [1.54, 1.807) is 0 Å². The van der Waals surface area contributed by atoms with Gasteiger partial charge in [-0.05, 0) is 25.1 Å². The number of para-hydroxylation sites is 1. The molecule has 1 aliphatic rings. The first-order chi connectivity index (χ1) is 14.3. The number of aromatic nitrogens is 1. The van der Waals surface area contributed by atoms with Gasteiger partial charge in [0.05, 0.1) is 19.8 Å². The van der Waals surface area contributed by atoms with Crippen LogP contribution < -0.4 is 15.4 Å². The largest absolute Gasteiger partial charge is 0.492 e. The van der Waals surface area contributed by atoms with Crippen LogP contribution in [0.1, 0.15) is 12.5 Å². The van der Waals surface area contributed by atoms with Crippen molar-refractivity contribution in [2.75, 3.05) is 52.5 Å². The topological polar surface area (TPSA) is 63.1 Å². The summed E-state index contributed by atoms with van der Waals surface area (Å²) in [6.07, 6.45) is 4.13. The summed E-state index contributed by atoms with van der Waals surface area (Å²) in [4.78, 5) is 7.12. The monoisotopic (exact) mass is 527 g/mol. The molecule has 8 heteroatoms. The number of ether oxygens (including phenoxy) is 2. The van der Waals surface area contributed by atoms with Crippen molar-refractivity contribution >= 4 is 29.9 Å². The second-order valence-electron chi connectivity index (χ2n) is 6.95. The highest BCUT2D eigenvalue weighted by molar-refractivity contribution is 14.0. The van der Waals surface area contributed by atoms with Gasteiger partial charge in [0, 0.05) is 57.2 Å². The van der Waals surface area contributed by atoms with E-state index in [2.05, 4.69) is 45.5 Å². The van der Waals surface area contributed by atoms with Crippen LogP contribution in [0, 0.1) is 0 Å². The molecule has 1 aliphatic heterocycles. The van der Waals surface area contributed by atoms with Crippen molar-refractivity contribution < 1.29 is 9.47 Å². The lowest BCUT2D eigenvalue weighted by Gasteiger charge is -2.26. The van der Waals surface area contributed by atoms with Crippen molar-refractivity contribution in [3.8, 4) is 5.75 Å². The maximum atomic E-state index is 6.07. The average molecular weight is 527 g/mol. The Morgan fingerprint density at radius 1 is 1.07 bits per heavy atom. The molecule has 166 valence electrons. The van der Waals surface area contributed by atoms with E-state index in [0.717, 1.165) is 69.8 Å². The van der Waals surface area contributed by atoms with Gasteiger partial charge in [0.2, 0.25) is 0 Å². The molecule has 0 atom stereocenters. The summed E-state index contributed by atoms with van der Waals surface area (Å²) in [5.74, 6) is 1.73. The first-order valence-electron chi connectivity index (χ1n) is 10.5. The number of rotatable bonds is 10. The Bertz CT molecular complexity index is 733. The minimum absolute atomic E-state index is 0. The van der Waals surface area contributed by atoms with Gasteiger partial charge in [0.15, 0.2) is 5.96 Å². The van der Waals surface area contributed by atoms with Crippen LogP contribution in [0.15, 0.2) is 53.8 Å². The SMILES string of the molecule is CCNC(=NCc1ccccc1OCCN1CCOCC1)NCCn1cccc1.I. The third kappa shape index (κ3) is 8.53. The molecule has 1 aromatic carbocycles. The third-order valence-corrected chi connectivity index (χ3v) is 4.82. The number of morpholine rings is 1. The van der Waals surface area contributed by atoms with Crippen LogP contribution in [-0.4, -0.2) is 68.0 Å². The average Bonchev–Trinajstić information content (AvgIpc) is 3.27. The molecule has 3 rings (SSSR count). The Balaban J connectivity index is 0.00000320. The number of nitrogens with zero attached hydrogens (tertiary/aromatic N) is 3. The Labute approximate surface area is 196 Å². The van der Waals surface area contributed by atoms with E-state index in [1.165, 1.54) is 0 Å². The normalized spacial score (nSPS) is 14.8. The molecule has 2 heterocycles. The molecular weight excluding hydrogens is 493 g/mol. The van der Waals surface area contributed by atoms with Crippen molar-refractivity contribution in [3.63, 3.8) is 0 Å². The Hall–Kier alpha value is -1.78. The quantitative estimate of drug-likeness (QED) is 0.283. The van der Waals surface area contributed by atoms with Crippen LogP contribution >= 0.6 is 24.0 Å². The summed E-state index contributed by atoms with van der Waals surface area (Å²) in [5, 5.41) is 6.70. The number of hydrogen-bond donors (Lipinski definition) is 2. The fraction of sp³-hybridized carbons (Fsp3) is 0.500. The molecule has 0 spiro atoms. The maximum absolute atomic E-state index is 6.07. The van der Waals surface area contributed by atoms with Crippen LogP contribution in [-0.2, 0) is 17.8 Å². The highest BCUT2D eigenvalue weighted by Gasteiger charge is 2.10. The Morgan fingerprint density at radius 2 is 1.83 bits per heavy atom. The zero-order valence-corrected chi connectivity index (χ0v) is 20.1. The molecule has 7 nitrogen and oxygen atoms in total. The van der Waals surface area contributed by atoms with Gasteiger partial charge in [-0.25, -0.2) is 4.99 Å². The number of guanidine groups is 1. The lowest BCUT2D eigenvalue weighted by molar-refractivity contribution is 0.0322. The van der Waals surface area contributed by atoms with Gasteiger partial charge < -0.3 is 24.7 Å². The van der Waals surface area contributed by atoms with Gasteiger partial charge in [0.1, 0.15) is 12.4 Å². The zero-order valence-electron chi connectivity index (χ0n) is 17.8. The summed E-state index contributed by atoms with van der Waals surface area (Å²) in [6, 6.07) is 12.2. The lowest BCUT2D eigenvalue weighted by atomic mass is 10.2. The highest BCUT2D eigenvalue weighted by atomic mass is 127. The summed E-state index contributed by atoms with van der Waals surface area (Å²) < 4.78 is 13.6. The number of hydrogen-bond acceptors (Lipinski definition) is 4. The molecule has 1 aromatic heterocycles. The smallest absolute Gasteiger partial charge is 0.191 e. The summed E-state index contributed by atoms with van der Waals surface area (Å²) in [7, 11) is 0. The molecule has 30 heavy (non-hydrogen) atoms. The van der Waals surface area contributed by atoms with Gasteiger partial charge >= 0.3 is 0 Å². The first-order valence-corrected chi connectivity index (χ1v) is 10.5. The van der Waals surface area contributed by atoms with Crippen LogP contribution in [0.4, 0.5) is 0 Å². The van der Waals surface area contributed by atoms with Gasteiger partial charge in [-0.2, -0.15) is 0 Å². The van der Waals surface area contributed by atoms with Crippen LogP contribution in [0.5, 0.6) is 5.75 Å². The maximum Gasteiger partial charge on any atom is 0.191 e. The number of nitrogens with one attached hydrogen (secondary N) is 2. The number of benzene rings is 1. The molecule has 0 bridgehead atoms. The standard InChI is InChI=1S/C22H33N5O2.HI/c1-2-23-22(24-9-12-26-10-5-6-11-26)25-19-20-7-3-4-8-21(20)29-18-15-27-13-16-28-17-14-27;/h3-8,10-11H,2,9,12-19H2,1H3,(H2,23,24,25);1H. The first kappa shape index (κ1) is 24.5. The van der Waals surface area contributed by atoms with Crippen LogP contribution in [0.2, 0.25) is 0 Å². The Kier molecular flexibility index (Phi) is 11.6. The van der Waals surface area contributed by atoms with Gasteiger partial charge in [-0.3, -0.25) is 4.90 Å². The molecule has 0 amide bonds. The molecule has 0 aliphatic carbocycles. The molecule has 1 saturated heterocycles. The van der Waals surface area contributed by atoms with Crippen LogP contribution in [0.25, 0.3) is 0 Å². The predicted octanol–water partition coefficient (Wildman–Crippen LogP) is 2.57. The minimum atomic E-state index is 0. The van der Waals surface area contributed by atoms with Gasteiger partial charge in [-0.1, -0.05) is 18.2 Å². The fourth-order valence-corrected chi connectivity index (χ4v) is 3.21. The summed E-state index contributed by atoms with van der Waals surface area (Å²) >= 11 is 0. The summed E-state index contributed by atoms with van der Waals surface area (Å²) in [5.41, 5.74) is 1.09. The molecule has 0 radical (unpaired) electrons. The molecule has 1 fully saturated rings. The van der Waals surface area contributed by atoms with E-state index in [4.69, 9.17) is 14.5 Å². The number of halogens is 1. The van der Waals surface area contributed by atoms with E-state index < -0.39 is 0 Å². The lowest BCUT2D eigenvalue weighted by Crippen LogP contribution is -2.39. The minimum Gasteiger partial charge on any atom is -0.492 e. The van der Waals surface area contributed by atoms with Gasteiger partial charge in [-0.15, -0.1) is 24.0 Å². The molecule has 2 aromatic rings. The third-order valence-electron chi connectivity index (χ3n) is 4.82. The van der Waals surface area contributed by atoms with Crippen molar-refractivity contribution in [1.29, 1.82) is 0 Å². The van der Waals surface area contributed by atoms with E-state index in [-0.39, 0.29) is 24.0 Å². The second-order valence-corrected chi connectivity index (χ2v) is 6.95. The van der Waals surface area contributed by atoms with E-state index in [9.17, 15) is 0 Å². The molecular formula is C22H34IN5O2.